The van der Waals surface area contributed by atoms with Gasteiger partial charge in [-0.05, 0) is 54.8 Å². The Morgan fingerprint density at radius 1 is 0.767 bits per heavy atom. The number of likely N-dealkylation sites (tertiary alicyclic amines) is 1. The van der Waals surface area contributed by atoms with Gasteiger partial charge in [-0.1, -0.05) is 54.6 Å². The average Bonchev–Trinajstić information content (AvgIpc) is 3.36. The third-order valence-electron chi connectivity index (χ3n) is 6.28. The molecule has 150 valence electrons. The predicted octanol–water partition coefficient (Wildman–Crippen LogP) is 4.84. The molecule has 0 bridgehead atoms. The van der Waals surface area contributed by atoms with Gasteiger partial charge in [-0.2, -0.15) is 0 Å². The molecule has 4 heteroatoms. The number of aryl methyl sites for hydroxylation is 2. The highest BCUT2D eigenvalue weighted by Crippen LogP contribution is 2.38. The number of rotatable bonds is 3. The molecule has 0 atom stereocenters. The molecule has 2 amide bonds. The number of carbonyl (C=O) groups is 2. The van der Waals surface area contributed by atoms with E-state index < -0.39 is 0 Å². The van der Waals surface area contributed by atoms with Crippen molar-refractivity contribution in [2.24, 2.45) is 0 Å². The van der Waals surface area contributed by atoms with E-state index in [2.05, 4.69) is 11.8 Å². The van der Waals surface area contributed by atoms with E-state index in [0.717, 1.165) is 47.8 Å². The van der Waals surface area contributed by atoms with Gasteiger partial charge in [0.25, 0.3) is 11.8 Å². The smallest absolute Gasteiger partial charge is 0.282 e. The van der Waals surface area contributed by atoms with Crippen molar-refractivity contribution in [2.45, 2.75) is 26.7 Å². The topological polar surface area (TPSA) is 40.6 Å². The fourth-order valence-corrected chi connectivity index (χ4v) is 4.53. The van der Waals surface area contributed by atoms with Crippen LogP contribution in [0.4, 0.5) is 5.69 Å². The van der Waals surface area contributed by atoms with Gasteiger partial charge in [0.05, 0.1) is 11.3 Å². The second kappa shape index (κ2) is 7.13. The molecule has 2 heterocycles. The van der Waals surface area contributed by atoms with E-state index in [-0.39, 0.29) is 11.8 Å². The molecule has 3 aromatic carbocycles. The van der Waals surface area contributed by atoms with Crippen molar-refractivity contribution in [3.05, 3.63) is 83.1 Å². The van der Waals surface area contributed by atoms with Gasteiger partial charge in [0.2, 0.25) is 0 Å². The number of hydrogen-bond acceptors (Lipinski definition) is 3. The largest absolute Gasteiger partial charge is 0.366 e. The van der Waals surface area contributed by atoms with Gasteiger partial charge in [0.15, 0.2) is 0 Å². The number of benzene rings is 3. The average molecular weight is 396 g/mol. The third kappa shape index (κ3) is 2.83. The van der Waals surface area contributed by atoms with Crippen molar-refractivity contribution in [3.8, 4) is 0 Å². The first-order chi connectivity index (χ1) is 14.6. The maximum Gasteiger partial charge on any atom is 0.282 e. The Morgan fingerprint density at radius 3 is 2.27 bits per heavy atom. The molecule has 2 aliphatic heterocycles. The predicted molar refractivity (Wildman–Crippen MR) is 120 cm³/mol. The summed E-state index contributed by atoms with van der Waals surface area (Å²) in [7, 11) is 0. The Hall–Kier alpha value is -3.40. The monoisotopic (exact) mass is 396 g/mol. The van der Waals surface area contributed by atoms with Gasteiger partial charge in [-0.3, -0.25) is 9.59 Å². The van der Waals surface area contributed by atoms with E-state index in [1.54, 1.807) is 0 Å². The van der Waals surface area contributed by atoms with Crippen molar-refractivity contribution in [3.63, 3.8) is 0 Å². The molecule has 5 rings (SSSR count). The number of anilines is 1. The summed E-state index contributed by atoms with van der Waals surface area (Å²) < 4.78 is 0. The molecule has 30 heavy (non-hydrogen) atoms. The van der Waals surface area contributed by atoms with Crippen molar-refractivity contribution in [1.82, 2.24) is 4.90 Å². The first kappa shape index (κ1) is 18.6. The Balaban J connectivity index is 1.69. The number of imide groups is 1. The molecule has 0 spiro atoms. The molecule has 0 aliphatic carbocycles. The van der Waals surface area contributed by atoms with Crippen LogP contribution in [0.1, 0.15) is 29.5 Å². The third-order valence-corrected chi connectivity index (χ3v) is 6.28. The molecule has 1 saturated heterocycles. The van der Waals surface area contributed by atoms with Crippen LogP contribution in [0.5, 0.6) is 0 Å². The normalized spacial score (nSPS) is 17.0. The van der Waals surface area contributed by atoms with E-state index in [1.807, 2.05) is 67.6 Å². The quantitative estimate of drug-likeness (QED) is 0.595. The van der Waals surface area contributed by atoms with Crippen LogP contribution in [0.15, 0.2) is 66.4 Å². The van der Waals surface area contributed by atoms with E-state index in [1.165, 1.54) is 10.5 Å². The lowest BCUT2D eigenvalue weighted by molar-refractivity contribution is -0.120. The minimum Gasteiger partial charge on any atom is -0.366 e. The zero-order valence-corrected chi connectivity index (χ0v) is 17.3. The van der Waals surface area contributed by atoms with Gasteiger partial charge < -0.3 is 4.90 Å². The highest BCUT2D eigenvalue weighted by atomic mass is 16.2. The minimum atomic E-state index is -0.235. The van der Waals surface area contributed by atoms with Gasteiger partial charge in [-0.15, -0.1) is 0 Å². The van der Waals surface area contributed by atoms with Crippen molar-refractivity contribution < 1.29 is 9.59 Å². The van der Waals surface area contributed by atoms with Gasteiger partial charge in [0.1, 0.15) is 5.70 Å². The summed E-state index contributed by atoms with van der Waals surface area (Å²) in [6.07, 6.45) is 2.08. The van der Waals surface area contributed by atoms with Crippen molar-refractivity contribution >= 4 is 33.8 Å². The number of hydrogen-bond donors (Lipinski definition) is 0. The number of fused-ring (bicyclic) bond motifs is 1. The van der Waals surface area contributed by atoms with Crippen LogP contribution in [-0.4, -0.2) is 29.8 Å². The lowest BCUT2D eigenvalue weighted by Crippen LogP contribution is -2.34. The van der Waals surface area contributed by atoms with Crippen LogP contribution in [0.25, 0.3) is 16.3 Å². The standard InChI is InChI=1S/C26H24N2O2/c1-17-12-13-20(16-18(17)2)23-24(27-14-5-6-15-27)26(30)28(25(23)29)22-11-7-9-19-8-3-4-10-21(19)22/h3-4,7-13,16H,5-6,14-15H2,1-2H3. The van der Waals surface area contributed by atoms with Crippen molar-refractivity contribution in [2.75, 3.05) is 18.0 Å². The van der Waals surface area contributed by atoms with Gasteiger partial charge in [-0.25, -0.2) is 4.90 Å². The van der Waals surface area contributed by atoms with Crippen LogP contribution >= 0.6 is 0 Å². The molecule has 1 fully saturated rings. The van der Waals surface area contributed by atoms with Crippen LogP contribution < -0.4 is 4.90 Å². The van der Waals surface area contributed by atoms with Crippen LogP contribution in [0, 0.1) is 13.8 Å². The summed E-state index contributed by atoms with van der Waals surface area (Å²) in [6, 6.07) is 19.7. The van der Waals surface area contributed by atoms with E-state index >= 15 is 0 Å². The van der Waals surface area contributed by atoms with E-state index in [0.29, 0.717) is 17.0 Å². The lowest BCUT2D eigenvalue weighted by atomic mass is 9.99. The van der Waals surface area contributed by atoms with Crippen LogP contribution in [-0.2, 0) is 9.59 Å². The molecule has 3 aromatic rings. The number of carbonyl (C=O) groups excluding carboxylic acids is 2. The second-order valence-corrected chi connectivity index (χ2v) is 8.16. The molecular weight excluding hydrogens is 372 g/mol. The molecule has 0 N–H and O–H groups in total. The molecule has 0 unspecified atom stereocenters. The van der Waals surface area contributed by atoms with E-state index in [9.17, 15) is 9.59 Å². The molecule has 0 saturated carbocycles. The fraction of sp³-hybridized carbons (Fsp3) is 0.231. The highest BCUT2D eigenvalue weighted by molar-refractivity contribution is 6.46. The minimum absolute atomic E-state index is 0.216. The van der Waals surface area contributed by atoms with Crippen LogP contribution in [0.3, 0.4) is 0 Å². The molecule has 2 aliphatic rings. The number of amides is 2. The van der Waals surface area contributed by atoms with E-state index in [4.69, 9.17) is 0 Å². The second-order valence-electron chi connectivity index (χ2n) is 8.16. The first-order valence-electron chi connectivity index (χ1n) is 10.5. The first-order valence-corrected chi connectivity index (χ1v) is 10.5. The maximum absolute atomic E-state index is 13.7. The summed E-state index contributed by atoms with van der Waals surface area (Å²) in [5.41, 5.74) is 4.83. The highest BCUT2D eigenvalue weighted by Gasteiger charge is 2.43. The van der Waals surface area contributed by atoms with Crippen molar-refractivity contribution in [1.29, 1.82) is 0 Å². The molecule has 0 aromatic heterocycles. The zero-order chi connectivity index (χ0) is 20.8. The summed E-state index contributed by atoms with van der Waals surface area (Å²) in [4.78, 5) is 30.9. The van der Waals surface area contributed by atoms with Gasteiger partial charge >= 0.3 is 0 Å². The molecule has 4 nitrogen and oxygen atoms in total. The summed E-state index contributed by atoms with van der Waals surface area (Å²) in [5, 5.41) is 1.92. The number of nitrogens with zero attached hydrogens (tertiary/aromatic N) is 2. The van der Waals surface area contributed by atoms with Crippen LogP contribution in [0.2, 0.25) is 0 Å². The Labute approximate surface area is 176 Å². The molecular formula is C26H24N2O2. The Morgan fingerprint density at radius 2 is 1.50 bits per heavy atom. The molecule has 0 radical (unpaired) electrons. The maximum atomic E-state index is 13.7. The lowest BCUT2D eigenvalue weighted by Gasteiger charge is -2.21. The van der Waals surface area contributed by atoms with Gasteiger partial charge in [0, 0.05) is 18.5 Å². The summed E-state index contributed by atoms with van der Waals surface area (Å²) in [5.74, 6) is -0.451. The zero-order valence-electron chi connectivity index (χ0n) is 17.3. The Kier molecular flexibility index (Phi) is 4.43. The SMILES string of the molecule is Cc1ccc(C2=C(N3CCCC3)C(=O)N(c3cccc4ccccc34)C2=O)cc1C. The Bertz CT molecular complexity index is 1210. The summed E-state index contributed by atoms with van der Waals surface area (Å²) >= 11 is 0. The fourth-order valence-electron chi connectivity index (χ4n) is 4.53. The summed E-state index contributed by atoms with van der Waals surface area (Å²) in [6.45, 7) is 5.72.